The van der Waals surface area contributed by atoms with Crippen LogP contribution in [0.1, 0.15) is 53.9 Å². The molecule has 0 aromatic heterocycles. The summed E-state index contributed by atoms with van der Waals surface area (Å²) in [7, 11) is 0. The summed E-state index contributed by atoms with van der Waals surface area (Å²) in [6.07, 6.45) is 4.34. The minimum absolute atomic E-state index is 0.511. The topological polar surface area (TPSA) is 12.0 Å². The monoisotopic (exact) mass is 195 g/mol. The van der Waals surface area contributed by atoms with Gasteiger partial charge in [0.2, 0.25) is 0 Å². The van der Waals surface area contributed by atoms with Gasteiger partial charge in [0.15, 0.2) is 0 Å². The molecule has 0 unspecified atom stereocenters. The standard InChI is InChI=1S/C13H25N/c1-9(2)14-11-12(3,4)10-6-7-13(11,5)8-10/h9-11,14H,6-8H2,1-5H3/t10-,11-,13-/m0/s1. The molecule has 0 heterocycles. The van der Waals surface area contributed by atoms with Crippen molar-refractivity contribution < 1.29 is 0 Å². The molecule has 1 nitrogen and oxygen atoms in total. The molecule has 82 valence electrons. The average Bonchev–Trinajstić information content (AvgIpc) is 2.49. The van der Waals surface area contributed by atoms with Crippen molar-refractivity contribution in [2.75, 3.05) is 0 Å². The number of rotatable bonds is 2. The predicted octanol–water partition coefficient (Wildman–Crippen LogP) is 3.20. The Kier molecular flexibility index (Phi) is 2.23. The fraction of sp³-hybridized carbons (Fsp3) is 1.00. The fourth-order valence-electron chi connectivity index (χ4n) is 4.05. The summed E-state index contributed by atoms with van der Waals surface area (Å²) in [6, 6.07) is 1.35. The lowest BCUT2D eigenvalue weighted by molar-refractivity contribution is 0.102. The second-order valence-corrected chi connectivity index (χ2v) is 6.67. The van der Waals surface area contributed by atoms with E-state index in [0.29, 0.717) is 16.9 Å². The van der Waals surface area contributed by atoms with Gasteiger partial charge in [-0.1, -0.05) is 34.6 Å². The number of nitrogens with one attached hydrogen (secondary N) is 1. The Morgan fingerprint density at radius 3 is 2.29 bits per heavy atom. The van der Waals surface area contributed by atoms with Crippen LogP contribution in [0.25, 0.3) is 0 Å². The fourth-order valence-corrected chi connectivity index (χ4v) is 4.05. The van der Waals surface area contributed by atoms with Crippen LogP contribution in [0.4, 0.5) is 0 Å². The molecule has 0 aromatic rings. The normalized spacial score (nSPS) is 45.0. The maximum Gasteiger partial charge on any atom is 0.0177 e. The van der Waals surface area contributed by atoms with E-state index in [0.717, 1.165) is 12.0 Å². The molecule has 14 heavy (non-hydrogen) atoms. The summed E-state index contributed by atoms with van der Waals surface area (Å²) in [5.74, 6) is 0.962. The molecular weight excluding hydrogens is 170 g/mol. The van der Waals surface area contributed by atoms with Crippen molar-refractivity contribution in [3.63, 3.8) is 0 Å². The van der Waals surface area contributed by atoms with Gasteiger partial charge in [-0.2, -0.15) is 0 Å². The van der Waals surface area contributed by atoms with E-state index in [-0.39, 0.29) is 0 Å². The van der Waals surface area contributed by atoms with Crippen LogP contribution in [0.5, 0.6) is 0 Å². The van der Waals surface area contributed by atoms with Crippen LogP contribution >= 0.6 is 0 Å². The Morgan fingerprint density at radius 1 is 1.21 bits per heavy atom. The van der Waals surface area contributed by atoms with Crippen LogP contribution in [0.3, 0.4) is 0 Å². The molecule has 0 radical (unpaired) electrons. The first-order valence-corrected chi connectivity index (χ1v) is 6.12. The summed E-state index contributed by atoms with van der Waals surface area (Å²) in [5, 5.41) is 3.80. The van der Waals surface area contributed by atoms with Gasteiger partial charge in [0.25, 0.3) is 0 Å². The molecule has 2 bridgehead atoms. The maximum absolute atomic E-state index is 3.80. The zero-order chi connectivity index (χ0) is 10.6. The molecular formula is C13H25N. The first-order chi connectivity index (χ1) is 6.36. The van der Waals surface area contributed by atoms with Crippen molar-refractivity contribution >= 4 is 0 Å². The Balaban J connectivity index is 2.21. The lowest BCUT2D eigenvalue weighted by Crippen LogP contribution is -2.52. The third-order valence-electron chi connectivity index (χ3n) is 4.77. The molecule has 0 spiro atoms. The Bertz CT molecular complexity index is 227. The minimum Gasteiger partial charge on any atom is -0.311 e. The van der Waals surface area contributed by atoms with Crippen molar-refractivity contribution in [2.45, 2.75) is 66.0 Å². The van der Waals surface area contributed by atoms with Crippen molar-refractivity contribution in [1.29, 1.82) is 0 Å². The SMILES string of the molecule is CC(C)N[C@H]1C(C)(C)[C@H]2CC[C@@]1(C)C2. The van der Waals surface area contributed by atoms with E-state index in [1.54, 1.807) is 0 Å². The number of fused-ring (bicyclic) bond motifs is 2. The van der Waals surface area contributed by atoms with Gasteiger partial charge in [0.05, 0.1) is 0 Å². The molecule has 2 aliphatic rings. The Morgan fingerprint density at radius 2 is 1.86 bits per heavy atom. The minimum atomic E-state index is 0.511. The smallest absolute Gasteiger partial charge is 0.0177 e. The molecule has 3 atom stereocenters. The molecule has 0 amide bonds. The van der Waals surface area contributed by atoms with E-state index < -0.39 is 0 Å². The van der Waals surface area contributed by atoms with Gasteiger partial charge in [-0.3, -0.25) is 0 Å². The van der Waals surface area contributed by atoms with E-state index in [1.165, 1.54) is 19.3 Å². The Labute approximate surface area is 88.7 Å². The molecule has 0 aliphatic heterocycles. The third-order valence-corrected chi connectivity index (χ3v) is 4.77. The number of hydrogen-bond acceptors (Lipinski definition) is 1. The van der Waals surface area contributed by atoms with Crippen LogP contribution < -0.4 is 5.32 Å². The Hall–Kier alpha value is -0.0400. The van der Waals surface area contributed by atoms with Crippen molar-refractivity contribution in [1.82, 2.24) is 5.32 Å². The van der Waals surface area contributed by atoms with Gasteiger partial charge in [0.1, 0.15) is 0 Å². The van der Waals surface area contributed by atoms with Crippen molar-refractivity contribution in [3.05, 3.63) is 0 Å². The maximum atomic E-state index is 3.80. The van der Waals surface area contributed by atoms with Gasteiger partial charge in [-0.25, -0.2) is 0 Å². The molecule has 1 N–H and O–H groups in total. The van der Waals surface area contributed by atoms with E-state index in [4.69, 9.17) is 0 Å². The molecule has 0 saturated heterocycles. The van der Waals surface area contributed by atoms with E-state index in [2.05, 4.69) is 39.9 Å². The van der Waals surface area contributed by atoms with Crippen LogP contribution in [-0.4, -0.2) is 12.1 Å². The van der Waals surface area contributed by atoms with Crippen molar-refractivity contribution in [3.8, 4) is 0 Å². The molecule has 2 aliphatic carbocycles. The first-order valence-electron chi connectivity index (χ1n) is 6.12. The van der Waals surface area contributed by atoms with E-state index in [9.17, 15) is 0 Å². The van der Waals surface area contributed by atoms with Gasteiger partial charge in [0, 0.05) is 12.1 Å². The summed E-state index contributed by atoms with van der Waals surface area (Å²) in [5.41, 5.74) is 1.09. The van der Waals surface area contributed by atoms with Crippen LogP contribution in [0, 0.1) is 16.7 Å². The molecule has 2 saturated carbocycles. The average molecular weight is 195 g/mol. The lowest BCUT2D eigenvalue weighted by Gasteiger charge is -2.44. The molecule has 0 aromatic carbocycles. The van der Waals surface area contributed by atoms with Gasteiger partial charge in [-0.15, -0.1) is 0 Å². The van der Waals surface area contributed by atoms with Crippen LogP contribution in [0.2, 0.25) is 0 Å². The summed E-state index contributed by atoms with van der Waals surface area (Å²) < 4.78 is 0. The highest BCUT2D eigenvalue weighted by atomic mass is 15.0. The van der Waals surface area contributed by atoms with Gasteiger partial charge in [-0.05, 0) is 36.0 Å². The zero-order valence-electron chi connectivity index (χ0n) is 10.4. The highest BCUT2D eigenvalue weighted by Crippen LogP contribution is 2.62. The second-order valence-electron chi connectivity index (χ2n) is 6.67. The summed E-state index contributed by atoms with van der Waals surface area (Å²) in [6.45, 7) is 11.9. The molecule has 1 heteroatoms. The number of hydrogen-bond donors (Lipinski definition) is 1. The largest absolute Gasteiger partial charge is 0.311 e. The van der Waals surface area contributed by atoms with E-state index in [1.807, 2.05) is 0 Å². The first kappa shape index (κ1) is 10.5. The van der Waals surface area contributed by atoms with Crippen LogP contribution in [-0.2, 0) is 0 Å². The van der Waals surface area contributed by atoms with Gasteiger partial charge >= 0.3 is 0 Å². The lowest BCUT2D eigenvalue weighted by atomic mass is 9.68. The zero-order valence-corrected chi connectivity index (χ0v) is 10.4. The highest BCUT2D eigenvalue weighted by Gasteiger charge is 2.59. The van der Waals surface area contributed by atoms with Crippen LogP contribution in [0.15, 0.2) is 0 Å². The van der Waals surface area contributed by atoms with Gasteiger partial charge < -0.3 is 5.32 Å². The van der Waals surface area contributed by atoms with E-state index >= 15 is 0 Å². The third kappa shape index (κ3) is 1.32. The summed E-state index contributed by atoms with van der Waals surface area (Å²) in [4.78, 5) is 0. The summed E-state index contributed by atoms with van der Waals surface area (Å²) >= 11 is 0. The second kappa shape index (κ2) is 2.98. The predicted molar refractivity (Wildman–Crippen MR) is 61.3 cm³/mol. The quantitative estimate of drug-likeness (QED) is 0.713. The highest BCUT2D eigenvalue weighted by molar-refractivity contribution is 5.12. The van der Waals surface area contributed by atoms with Crippen molar-refractivity contribution in [2.24, 2.45) is 16.7 Å². The molecule has 2 rings (SSSR count). The molecule has 2 fully saturated rings.